The van der Waals surface area contributed by atoms with Crippen molar-refractivity contribution in [2.24, 2.45) is 5.92 Å². The van der Waals surface area contributed by atoms with Crippen molar-refractivity contribution in [3.63, 3.8) is 0 Å². The van der Waals surface area contributed by atoms with Crippen LogP contribution in [-0.4, -0.2) is 25.4 Å². The summed E-state index contributed by atoms with van der Waals surface area (Å²) in [6.07, 6.45) is 2.19. The van der Waals surface area contributed by atoms with Gasteiger partial charge < -0.3 is 14.8 Å². The second-order valence-electron chi connectivity index (χ2n) is 6.05. The van der Waals surface area contributed by atoms with Gasteiger partial charge in [0.05, 0.1) is 6.10 Å². The fraction of sp³-hybridized carbons (Fsp3) is 0.647. The molecule has 1 aliphatic rings. The van der Waals surface area contributed by atoms with Crippen LogP contribution in [0, 0.1) is 11.7 Å². The van der Waals surface area contributed by atoms with Gasteiger partial charge in [-0.25, -0.2) is 4.39 Å². The third-order valence-electron chi connectivity index (χ3n) is 3.96. The number of benzene rings is 1. The molecule has 0 aliphatic carbocycles. The Labute approximate surface area is 126 Å². The Kier molecular flexibility index (Phi) is 6.00. The Hall–Kier alpha value is -1.13. The van der Waals surface area contributed by atoms with E-state index in [9.17, 15) is 4.39 Å². The summed E-state index contributed by atoms with van der Waals surface area (Å²) < 4.78 is 24.7. The zero-order valence-electron chi connectivity index (χ0n) is 13.2. The van der Waals surface area contributed by atoms with Gasteiger partial charge in [-0.2, -0.15) is 0 Å². The maximum absolute atomic E-state index is 13.9. The number of hydrogen-bond donors (Lipinski definition) is 1. The molecule has 1 aliphatic heterocycles. The van der Waals surface area contributed by atoms with Crippen molar-refractivity contribution in [1.29, 1.82) is 0 Å². The van der Waals surface area contributed by atoms with Gasteiger partial charge >= 0.3 is 0 Å². The molecule has 1 aromatic carbocycles. The Morgan fingerprint density at radius 1 is 1.29 bits per heavy atom. The molecule has 1 atom stereocenters. The summed E-state index contributed by atoms with van der Waals surface area (Å²) >= 11 is 0. The lowest BCUT2D eigenvalue weighted by Crippen LogP contribution is -2.36. The minimum Gasteiger partial charge on any atom is -0.488 e. The molecular formula is C17H26FNO2. The molecule has 0 aromatic heterocycles. The summed E-state index contributed by atoms with van der Waals surface area (Å²) in [5.41, 5.74) is 0.947. The van der Waals surface area contributed by atoms with E-state index in [4.69, 9.17) is 9.47 Å². The fourth-order valence-electron chi connectivity index (χ4n) is 2.67. The van der Waals surface area contributed by atoms with E-state index in [1.807, 2.05) is 19.9 Å². The van der Waals surface area contributed by atoms with E-state index >= 15 is 0 Å². The van der Waals surface area contributed by atoms with Crippen molar-refractivity contribution in [3.8, 4) is 5.75 Å². The number of nitrogens with one attached hydrogen (secondary N) is 1. The van der Waals surface area contributed by atoms with Gasteiger partial charge in [0.2, 0.25) is 0 Å². The van der Waals surface area contributed by atoms with Crippen molar-refractivity contribution < 1.29 is 13.9 Å². The highest BCUT2D eigenvalue weighted by Gasteiger charge is 2.20. The maximum Gasteiger partial charge on any atom is 0.165 e. The topological polar surface area (TPSA) is 30.5 Å². The highest BCUT2D eigenvalue weighted by molar-refractivity contribution is 5.29. The second-order valence-corrected chi connectivity index (χ2v) is 6.05. The van der Waals surface area contributed by atoms with E-state index in [1.165, 1.54) is 0 Å². The van der Waals surface area contributed by atoms with E-state index in [0.717, 1.165) is 31.6 Å². The van der Waals surface area contributed by atoms with Gasteiger partial charge in [0.25, 0.3) is 0 Å². The Morgan fingerprint density at radius 2 is 2.00 bits per heavy atom. The molecule has 1 heterocycles. The average Bonchev–Trinajstić information content (AvgIpc) is 2.48. The van der Waals surface area contributed by atoms with Crippen LogP contribution in [0.15, 0.2) is 18.2 Å². The quantitative estimate of drug-likeness (QED) is 0.871. The lowest BCUT2D eigenvalue weighted by atomic mass is 9.93. The third kappa shape index (κ3) is 4.97. The number of halogens is 1. The van der Waals surface area contributed by atoms with E-state index < -0.39 is 0 Å². The molecule has 0 saturated carbocycles. The lowest BCUT2D eigenvalue weighted by Gasteiger charge is -2.28. The molecule has 2 rings (SSSR count). The van der Waals surface area contributed by atoms with Crippen LogP contribution in [0.3, 0.4) is 0 Å². The largest absolute Gasteiger partial charge is 0.488 e. The van der Waals surface area contributed by atoms with Gasteiger partial charge in [-0.1, -0.05) is 6.07 Å². The molecule has 0 bridgehead atoms. The van der Waals surface area contributed by atoms with Crippen molar-refractivity contribution in [1.82, 2.24) is 5.32 Å². The molecule has 1 saturated heterocycles. The van der Waals surface area contributed by atoms with E-state index in [0.29, 0.717) is 24.3 Å². The minimum absolute atomic E-state index is 0.0167. The first-order valence-electron chi connectivity index (χ1n) is 7.82. The highest BCUT2D eigenvalue weighted by atomic mass is 19.1. The monoisotopic (exact) mass is 295 g/mol. The van der Waals surface area contributed by atoms with Crippen LogP contribution >= 0.6 is 0 Å². The molecule has 1 fully saturated rings. The molecule has 1 N–H and O–H groups in total. The van der Waals surface area contributed by atoms with Gasteiger partial charge in [0.1, 0.15) is 0 Å². The summed E-state index contributed by atoms with van der Waals surface area (Å²) in [7, 11) is 0. The van der Waals surface area contributed by atoms with Gasteiger partial charge in [-0.15, -0.1) is 0 Å². The third-order valence-corrected chi connectivity index (χ3v) is 3.96. The second kappa shape index (κ2) is 7.76. The first kappa shape index (κ1) is 16.2. The Bertz CT molecular complexity index is 444. The lowest BCUT2D eigenvalue weighted by molar-refractivity contribution is 0.0558. The average molecular weight is 295 g/mol. The maximum atomic E-state index is 13.9. The molecular weight excluding hydrogens is 269 g/mol. The first-order chi connectivity index (χ1) is 10.1. The van der Waals surface area contributed by atoms with Gasteiger partial charge in [0.15, 0.2) is 11.6 Å². The summed E-state index contributed by atoms with van der Waals surface area (Å²) in [6, 6.07) is 5.61. The summed E-state index contributed by atoms with van der Waals surface area (Å²) in [5.74, 6) is 0.681. The SMILES string of the molecule is CC(C)Oc1ccc(CN[C@H](C)C2CCOCC2)cc1F. The molecule has 0 radical (unpaired) electrons. The molecule has 0 amide bonds. The summed E-state index contributed by atoms with van der Waals surface area (Å²) in [6.45, 7) is 8.37. The van der Waals surface area contributed by atoms with Gasteiger partial charge in [0, 0.05) is 25.8 Å². The van der Waals surface area contributed by atoms with Crippen LogP contribution in [0.2, 0.25) is 0 Å². The number of hydrogen-bond acceptors (Lipinski definition) is 3. The molecule has 1 aromatic rings. The predicted molar refractivity (Wildman–Crippen MR) is 82.0 cm³/mol. The molecule has 3 nitrogen and oxygen atoms in total. The molecule has 0 spiro atoms. The molecule has 0 unspecified atom stereocenters. The van der Waals surface area contributed by atoms with E-state index in [1.54, 1.807) is 12.1 Å². The van der Waals surface area contributed by atoms with Gasteiger partial charge in [-0.3, -0.25) is 0 Å². The molecule has 118 valence electrons. The minimum atomic E-state index is -0.290. The van der Waals surface area contributed by atoms with E-state index in [2.05, 4.69) is 12.2 Å². The van der Waals surface area contributed by atoms with E-state index in [-0.39, 0.29) is 11.9 Å². The van der Waals surface area contributed by atoms with Crippen molar-refractivity contribution in [2.45, 2.75) is 52.3 Å². The Morgan fingerprint density at radius 3 is 2.62 bits per heavy atom. The standard InChI is InChI=1S/C17H26FNO2/c1-12(2)21-17-5-4-14(10-16(17)18)11-19-13(3)15-6-8-20-9-7-15/h4-5,10,12-13,15,19H,6-9,11H2,1-3H3/t13-/m1/s1. The highest BCUT2D eigenvalue weighted by Crippen LogP contribution is 2.21. The number of rotatable bonds is 6. The molecule has 4 heteroatoms. The normalized spacial score (nSPS) is 18.0. The smallest absolute Gasteiger partial charge is 0.165 e. The van der Waals surface area contributed by atoms with Gasteiger partial charge in [-0.05, 0) is 57.2 Å². The van der Waals surface area contributed by atoms with Crippen molar-refractivity contribution in [2.75, 3.05) is 13.2 Å². The number of ether oxygens (including phenoxy) is 2. The van der Waals surface area contributed by atoms with Crippen LogP contribution in [-0.2, 0) is 11.3 Å². The Balaban J connectivity index is 1.86. The van der Waals surface area contributed by atoms with Crippen LogP contribution in [0.5, 0.6) is 5.75 Å². The fourth-order valence-corrected chi connectivity index (χ4v) is 2.67. The van der Waals surface area contributed by atoms with Crippen LogP contribution < -0.4 is 10.1 Å². The molecule has 21 heavy (non-hydrogen) atoms. The first-order valence-corrected chi connectivity index (χ1v) is 7.82. The summed E-state index contributed by atoms with van der Waals surface area (Å²) in [4.78, 5) is 0. The van der Waals surface area contributed by atoms with Crippen molar-refractivity contribution in [3.05, 3.63) is 29.6 Å². The zero-order chi connectivity index (χ0) is 15.2. The predicted octanol–water partition coefficient (Wildman–Crippen LogP) is 3.52. The van der Waals surface area contributed by atoms with Crippen LogP contribution in [0.1, 0.15) is 39.2 Å². The zero-order valence-corrected chi connectivity index (χ0v) is 13.2. The van der Waals surface area contributed by atoms with Crippen LogP contribution in [0.4, 0.5) is 4.39 Å². The van der Waals surface area contributed by atoms with Crippen molar-refractivity contribution >= 4 is 0 Å². The summed E-state index contributed by atoms with van der Waals surface area (Å²) in [5, 5.41) is 3.49. The van der Waals surface area contributed by atoms with Crippen LogP contribution in [0.25, 0.3) is 0 Å².